The van der Waals surface area contributed by atoms with Gasteiger partial charge in [-0.05, 0) is 43.5 Å². The van der Waals surface area contributed by atoms with Gasteiger partial charge >= 0.3 is 0 Å². The zero-order valence-corrected chi connectivity index (χ0v) is 12.3. The Kier molecular flexibility index (Phi) is 5.73. The van der Waals surface area contributed by atoms with Crippen molar-refractivity contribution in [1.29, 1.82) is 0 Å². The minimum absolute atomic E-state index is 0.00748. The Morgan fingerprint density at radius 2 is 1.90 bits per heavy atom. The molecule has 116 valence electrons. The summed E-state index contributed by atoms with van der Waals surface area (Å²) in [6.45, 7) is 2.03. The lowest BCUT2D eigenvalue weighted by molar-refractivity contribution is -0.121. The van der Waals surface area contributed by atoms with Crippen LogP contribution in [-0.2, 0) is 17.8 Å². The highest BCUT2D eigenvalue weighted by molar-refractivity contribution is 5.78. The van der Waals surface area contributed by atoms with Crippen molar-refractivity contribution in [2.45, 2.75) is 37.9 Å². The molecule has 0 unspecified atom stereocenters. The van der Waals surface area contributed by atoms with Crippen LogP contribution in [0.4, 0.5) is 0 Å². The first-order chi connectivity index (χ1) is 10.1. The van der Waals surface area contributed by atoms with Gasteiger partial charge in [0.2, 0.25) is 5.91 Å². The van der Waals surface area contributed by atoms with Crippen LogP contribution in [0.2, 0.25) is 0 Å². The van der Waals surface area contributed by atoms with Crippen molar-refractivity contribution >= 4 is 5.91 Å². The lowest BCUT2D eigenvalue weighted by Crippen LogP contribution is -2.43. The summed E-state index contributed by atoms with van der Waals surface area (Å²) in [5.41, 5.74) is 0.943. The molecule has 1 saturated heterocycles. The Balaban J connectivity index is 1.80. The second-order valence-electron chi connectivity index (χ2n) is 5.76. The number of benzene rings is 1. The van der Waals surface area contributed by atoms with Gasteiger partial charge in [-0.2, -0.15) is 0 Å². The first-order valence-electron chi connectivity index (χ1n) is 7.50. The molecule has 0 aliphatic carbocycles. The van der Waals surface area contributed by atoms with Gasteiger partial charge < -0.3 is 20.8 Å². The molecule has 1 aliphatic heterocycles. The summed E-state index contributed by atoms with van der Waals surface area (Å²) < 4.78 is 0. The average molecular weight is 292 g/mol. The fourth-order valence-corrected chi connectivity index (χ4v) is 2.56. The number of nitrogens with one attached hydrogen (secondary N) is 2. The van der Waals surface area contributed by atoms with Gasteiger partial charge in [0.25, 0.3) is 0 Å². The van der Waals surface area contributed by atoms with Crippen molar-refractivity contribution in [2.75, 3.05) is 19.6 Å². The molecule has 0 bridgehead atoms. The normalized spacial score (nSPS) is 22.6. The monoisotopic (exact) mass is 292 g/mol. The SMILES string of the molecule is O=C(Cc1ccc(CO)cc1)NC[C@]1(O)CCCNCC1. The van der Waals surface area contributed by atoms with Crippen LogP contribution in [-0.4, -0.2) is 41.4 Å². The summed E-state index contributed by atoms with van der Waals surface area (Å²) in [5, 5.41) is 25.5. The molecule has 1 aliphatic rings. The molecule has 21 heavy (non-hydrogen) atoms. The number of rotatable bonds is 5. The van der Waals surface area contributed by atoms with Crippen molar-refractivity contribution in [3.05, 3.63) is 35.4 Å². The predicted molar refractivity (Wildman–Crippen MR) is 80.7 cm³/mol. The number of hydrogen-bond acceptors (Lipinski definition) is 4. The second kappa shape index (κ2) is 7.54. The first-order valence-corrected chi connectivity index (χ1v) is 7.50. The molecule has 1 aromatic carbocycles. The van der Waals surface area contributed by atoms with Crippen LogP contribution in [0.1, 0.15) is 30.4 Å². The molecular formula is C16H24N2O3. The van der Waals surface area contributed by atoms with E-state index in [1.807, 2.05) is 24.3 Å². The molecule has 1 atom stereocenters. The maximum Gasteiger partial charge on any atom is 0.224 e. The van der Waals surface area contributed by atoms with Crippen LogP contribution in [0.3, 0.4) is 0 Å². The van der Waals surface area contributed by atoms with E-state index in [4.69, 9.17) is 5.11 Å². The molecule has 1 fully saturated rings. The van der Waals surface area contributed by atoms with Gasteiger partial charge in [-0.1, -0.05) is 24.3 Å². The number of hydrogen-bond donors (Lipinski definition) is 4. The second-order valence-corrected chi connectivity index (χ2v) is 5.76. The predicted octanol–water partition coefficient (Wildman–Crippen LogP) is 0.342. The average Bonchev–Trinajstić information content (AvgIpc) is 2.71. The highest BCUT2D eigenvalue weighted by Gasteiger charge is 2.28. The Morgan fingerprint density at radius 1 is 1.19 bits per heavy atom. The highest BCUT2D eigenvalue weighted by Crippen LogP contribution is 2.18. The lowest BCUT2D eigenvalue weighted by atomic mass is 9.95. The largest absolute Gasteiger partial charge is 0.392 e. The van der Waals surface area contributed by atoms with Gasteiger partial charge in [-0.25, -0.2) is 0 Å². The van der Waals surface area contributed by atoms with Gasteiger partial charge in [0.05, 0.1) is 18.6 Å². The molecule has 0 saturated carbocycles. The third-order valence-electron chi connectivity index (χ3n) is 3.95. The van der Waals surface area contributed by atoms with E-state index in [1.165, 1.54) is 0 Å². The molecule has 1 amide bonds. The van der Waals surface area contributed by atoms with Crippen LogP contribution in [0, 0.1) is 0 Å². The molecule has 0 radical (unpaired) electrons. The third kappa shape index (κ3) is 5.12. The van der Waals surface area contributed by atoms with E-state index in [2.05, 4.69) is 10.6 Å². The van der Waals surface area contributed by atoms with Crippen molar-refractivity contribution in [1.82, 2.24) is 10.6 Å². The number of aliphatic hydroxyl groups is 2. The molecular weight excluding hydrogens is 268 g/mol. The number of carbonyl (C=O) groups is 1. The molecule has 2 rings (SSSR count). The molecule has 0 spiro atoms. The topological polar surface area (TPSA) is 81.6 Å². The molecule has 1 heterocycles. The fraction of sp³-hybridized carbons (Fsp3) is 0.562. The molecule has 5 nitrogen and oxygen atoms in total. The number of amides is 1. The minimum atomic E-state index is -0.792. The van der Waals surface area contributed by atoms with E-state index in [0.717, 1.165) is 30.6 Å². The van der Waals surface area contributed by atoms with E-state index in [-0.39, 0.29) is 12.5 Å². The minimum Gasteiger partial charge on any atom is -0.392 e. The summed E-state index contributed by atoms with van der Waals surface area (Å²) in [4.78, 5) is 12.0. The Labute approximate surface area is 125 Å². The fourth-order valence-electron chi connectivity index (χ4n) is 2.56. The maximum absolute atomic E-state index is 12.0. The van der Waals surface area contributed by atoms with Gasteiger partial charge in [0, 0.05) is 6.54 Å². The molecule has 0 aromatic heterocycles. The standard InChI is InChI=1S/C16H24N2O3/c19-11-14-4-2-13(3-5-14)10-15(20)18-12-16(21)6-1-8-17-9-7-16/h2-5,17,19,21H,1,6-12H2,(H,18,20)/t16-/m0/s1. The van der Waals surface area contributed by atoms with Crippen LogP contribution in [0.5, 0.6) is 0 Å². The number of carbonyl (C=O) groups excluding carboxylic acids is 1. The Morgan fingerprint density at radius 3 is 2.62 bits per heavy atom. The van der Waals surface area contributed by atoms with Crippen molar-refractivity contribution < 1.29 is 15.0 Å². The van der Waals surface area contributed by atoms with Crippen LogP contribution >= 0.6 is 0 Å². The van der Waals surface area contributed by atoms with E-state index < -0.39 is 5.60 Å². The van der Waals surface area contributed by atoms with Crippen LogP contribution in [0.25, 0.3) is 0 Å². The third-order valence-corrected chi connectivity index (χ3v) is 3.95. The van der Waals surface area contributed by atoms with Crippen molar-refractivity contribution in [2.24, 2.45) is 0 Å². The Bertz CT molecular complexity index is 451. The highest BCUT2D eigenvalue weighted by atomic mass is 16.3. The summed E-state index contributed by atoms with van der Waals surface area (Å²) in [6, 6.07) is 7.31. The summed E-state index contributed by atoms with van der Waals surface area (Å²) in [5.74, 6) is -0.0858. The van der Waals surface area contributed by atoms with E-state index in [0.29, 0.717) is 25.8 Å². The van der Waals surface area contributed by atoms with Crippen molar-refractivity contribution in [3.63, 3.8) is 0 Å². The Hall–Kier alpha value is -1.43. The molecule has 4 N–H and O–H groups in total. The van der Waals surface area contributed by atoms with E-state index >= 15 is 0 Å². The van der Waals surface area contributed by atoms with Gasteiger partial charge in [-0.3, -0.25) is 4.79 Å². The zero-order chi connectivity index (χ0) is 15.1. The van der Waals surface area contributed by atoms with Gasteiger partial charge in [0.15, 0.2) is 0 Å². The van der Waals surface area contributed by atoms with Gasteiger partial charge in [-0.15, -0.1) is 0 Å². The zero-order valence-electron chi connectivity index (χ0n) is 12.3. The van der Waals surface area contributed by atoms with E-state index in [1.54, 1.807) is 0 Å². The summed E-state index contributed by atoms with van der Waals surface area (Å²) in [6.07, 6.45) is 2.60. The van der Waals surface area contributed by atoms with Crippen LogP contribution < -0.4 is 10.6 Å². The summed E-state index contributed by atoms with van der Waals surface area (Å²) in [7, 11) is 0. The van der Waals surface area contributed by atoms with Gasteiger partial charge in [0.1, 0.15) is 0 Å². The van der Waals surface area contributed by atoms with Crippen LogP contribution in [0.15, 0.2) is 24.3 Å². The van der Waals surface area contributed by atoms with Crippen molar-refractivity contribution in [3.8, 4) is 0 Å². The maximum atomic E-state index is 12.0. The molecule has 1 aromatic rings. The lowest BCUT2D eigenvalue weighted by Gasteiger charge is -2.26. The summed E-state index contributed by atoms with van der Waals surface area (Å²) >= 11 is 0. The van der Waals surface area contributed by atoms with E-state index in [9.17, 15) is 9.90 Å². The molecule has 5 heteroatoms. The smallest absolute Gasteiger partial charge is 0.224 e. The quantitative estimate of drug-likeness (QED) is 0.631. The first kappa shape index (κ1) is 15.9. The number of aliphatic hydroxyl groups excluding tert-OH is 1.